The number of nitrogens with one attached hydrogen (secondary N) is 4. The molecule has 0 bridgehead atoms. The lowest BCUT2D eigenvalue weighted by Crippen LogP contribution is -2.60. The van der Waals surface area contributed by atoms with Crippen molar-refractivity contribution < 1.29 is 41.2 Å². The van der Waals surface area contributed by atoms with Crippen molar-refractivity contribution >= 4 is 55.6 Å². The first-order valence-corrected chi connectivity index (χ1v) is 27.4. The molecule has 5 heterocycles. The van der Waals surface area contributed by atoms with Gasteiger partial charge in [-0.2, -0.15) is 0 Å². The van der Waals surface area contributed by atoms with Gasteiger partial charge in [-0.05, 0) is 96.2 Å². The number of carbonyl (C=O) groups excluding carboxylic acids is 2. The van der Waals surface area contributed by atoms with Crippen LogP contribution >= 0.6 is 0 Å². The predicted molar refractivity (Wildman–Crippen MR) is 286 cm³/mol. The molecule has 400 valence electrons. The summed E-state index contributed by atoms with van der Waals surface area (Å²) >= 11 is 0. The number of pyridine rings is 1. The van der Waals surface area contributed by atoms with E-state index in [2.05, 4.69) is 80.6 Å². The number of nitrogens with zero attached hydrogens (tertiary/aromatic N) is 5. The fourth-order valence-electron chi connectivity index (χ4n) is 11.5. The van der Waals surface area contributed by atoms with Gasteiger partial charge in [0.2, 0.25) is 5.91 Å². The second-order valence-electron chi connectivity index (χ2n) is 21.2. The Bertz CT molecular complexity index is 3240. The van der Waals surface area contributed by atoms with Crippen molar-refractivity contribution in [2.45, 2.75) is 94.4 Å². The highest BCUT2D eigenvalue weighted by Crippen LogP contribution is 2.54. The maximum Gasteiger partial charge on any atom is 0.293 e. The van der Waals surface area contributed by atoms with Crippen LogP contribution in [0.1, 0.15) is 98.3 Å². The molecule has 4 fully saturated rings. The van der Waals surface area contributed by atoms with E-state index < -0.39 is 48.5 Å². The van der Waals surface area contributed by atoms with E-state index in [4.69, 9.17) is 9.47 Å². The molecule has 3 aliphatic heterocycles. The van der Waals surface area contributed by atoms with Crippen LogP contribution in [-0.4, -0.2) is 109 Å². The number of hydrogen-bond acceptors (Lipinski definition) is 13. The van der Waals surface area contributed by atoms with Crippen LogP contribution in [0.25, 0.3) is 11.0 Å². The number of H-pyrrole nitrogens is 1. The Hall–Kier alpha value is -7.00. The zero-order chi connectivity index (χ0) is 53.4. The number of fused-ring (bicyclic) bond motifs is 1. The summed E-state index contributed by atoms with van der Waals surface area (Å²) in [7, 11) is -4.79. The molecule has 4 aromatic carbocycles. The molecule has 20 heteroatoms. The van der Waals surface area contributed by atoms with Crippen LogP contribution < -0.4 is 25.0 Å². The molecule has 6 aromatic rings. The monoisotopic (exact) mass is 1060 g/mol. The van der Waals surface area contributed by atoms with Crippen molar-refractivity contribution in [1.82, 2.24) is 24.5 Å². The third-order valence-electron chi connectivity index (χ3n) is 15.7. The number of aromatic nitrogens is 2. The van der Waals surface area contributed by atoms with Gasteiger partial charge in [0.15, 0.2) is 0 Å². The number of piperazine rings is 1. The summed E-state index contributed by atoms with van der Waals surface area (Å²) < 4.78 is 73.0. The highest BCUT2D eigenvalue weighted by Gasteiger charge is 2.50. The Balaban J connectivity index is 0.846. The smallest absolute Gasteiger partial charge is 0.293 e. The fourth-order valence-corrected chi connectivity index (χ4v) is 12.5. The molecule has 1 saturated carbocycles. The molecule has 1 aliphatic carbocycles. The summed E-state index contributed by atoms with van der Waals surface area (Å²) in [6.45, 7) is 10.7. The summed E-state index contributed by atoms with van der Waals surface area (Å²) in [5.41, 5.74) is 2.67. The zero-order valence-electron chi connectivity index (χ0n) is 42.8. The van der Waals surface area contributed by atoms with Crippen molar-refractivity contribution in [2.24, 2.45) is 5.41 Å². The number of alkyl halides is 1. The third kappa shape index (κ3) is 11.4. The Labute approximate surface area is 440 Å². The van der Waals surface area contributed by atoms with Crippen molar-refractivity contribution in [1.29, 1.82) is 0 Å². The number of aromatic amines is 1. The van der Waals surface area contributed by atoms with Crippen LogP contribution in [0.5, 0.6) is 11.5 Å². The van der Waals surface area contributed by atoms with Gasteiger partial charge in [0.1, 0.15) is 34.3 Å². The average molecular weight is 1060 g/mol. The number of piperidine rings is 1. The summed E-state index contributed by atoms with van der Waals surface area (Å²) in [5.74, 6) is -1.65. The maximum absolute atomic E-state index is 16.6. The number of ether oxygens (including phenoxy) is 2. The van der Waals surface area contributed by atoms with Crippen LogP contribution in [-0.2, 0) is 26.1 Å². The van der Waals surface area contributed by atoms with E-state index in [9.17, 15) is 28.1 Å². The van der Waals surface area contributed by atoms with Gasteiger partial charge in [0.25, 0.3) is 21.6 Å². The molecule has 2 aromatic heterocycles. The lowest BCUT2D eigenvalue weighted by molar-refractivity contribution is -0.384. The molecule has 4 aliphatic rings. The molecule has 76 heavy (non-hydrogen) atoms. The normalized spacial score (nSPS) is 19.1. The fraction of sp³-hybridized carbons (Fsp3) is 0.411. The lowest BCUT2D eigenvalue weighted by Gasteiger charge is -2.58. The molecular weight excluding hydrogens is 997 g/mol. The van der Waals surface area contributed by atoms with E-state index in [1.165, 1.54) is 35.9 Å². The van der Waals surface area contributed by atoms with Crippen molar-refractivity contribution in [3.8, 4) is 11.5 Å². The van der Waals surface area contributed by atoms with Gasteiger partial charge >= 0.3 is 0 Å². The van der Waals surface area contributed by atoms with E-state index in [1.54, 1.807) is 18.3 Å². The molecule has 17 nitrogen and oxygen atoms in total. The highest BCUT2D eigenvalue weighted by molar-refractivity contribution is 7.90. The largest absolute Gasteiger partial charge is 0.455 e. The van der Waals surface area contributed by atoms with E-state index >= 15 is 8.78 Å². The van der Waals surface area contributed by atoms with E-state index in [1.807, 2.05) is 21.8 Å². The zero-order valence-corrected chi connectivity index (χ0v) is 43.6. The predicted octanol–water partition coefficient (Wildman–Crippen LogP) is 9.84. The minimum absolute atomic E-state index is 0.0707. The average Bonchev–Trinajstić information content (AvgIpc) is 3.87. The van der Waals surface area contributed by atoms with Gasteiger partial charge in [0.05, 0.1) is 27.3 Å². The molecule has 1 atom stereocenters. The minimum Gasteiger partial charge on any atom is -0.455 e. The Morgan fingerprint density at radius 2 is 1.71 bits per heavy atom. The first kappa shape index (κ1) is 52.4. The number of amides is 2. The summed E-state index contributed by atoms with van der Waals surface area (Å²) in [6.07, 6.45) is 6.99. The molecular formula is C56H63F2N9O8S. The van der Waals surface area contributed by atoms with Gasteiger partial charge in [-0.25, -0.2) is 26.9 Å². The summed E-state index contributed by atoms with van der Waals surface area (Å²) in [6, 6.07) is 26.2. The Morgan fingerprint density at radius 1 is 0.961 bits per heavy atom. The maximum atomic E-state index is 16.6. The van der Waals surface area contributed by atoms with Crippen molar-refractivity contribution in [3.63, 3.8) is 0 Å². The molecule has 3 saturated heterocycles. The number of anilines is 3. The van der Waals surface area contributed by atoms with Gasteiger partial charge < -0.3 is 30.0 Å². The standard InChI is InChI=1S/C56H63F2N9O8S/c1-36(2)44-6-4-5-7-45(44)51-34-64(33-38-8-10-40(11-9-38)62-37(3)68)22-23-66(51)41-30-55(31-41)15-20-65(21-16-55)49-29-52(75-42-26-39-14-19-59-53(39)60-32-42)46(28-47(49)57)54(69)63-76(72,73)43-12-13-48(50(27-43)67(70)71)61-35-56(58)17-24-74-25-18-56/h4-14,19,26-29,32,36,41,51,61H,15-18,20-25,30-31,33-35H2,1-3H3,(H,59,60)(H,62,68)(H,63,69)/t51-/m0/s1. The highest BCUT2D eigenvalue weighted by atomic mass is 32.2. The van der Waals surface area contributed by atoms with Crippen LogP contribution in [0.4, 0.5) is 31.5 Å². The molecule has 0 radical (unpaired) electrons. The van der Waals surface area contributed by atoms with Gasteiger partial charge in [0, 0.05) is 120 Å². The second kappa shape index (κ2) is 21.6. The molecule has 4 N–H and O–H groups in total. The van der Waals surface area contributed by atoms with E-state index in [-0.39, 0.29) is 72.8 Å². The number of carbonyl (C=O) groups is 2. The molecule has 10 rings (SSSR count). The van der Waals surface area contributed by atoms with Gasteiger partial charge in [-0.3, -0.25) is 29.5 Å². The van der Waals surface area contributed by atoms with Crippen molar-refractivity contribution in [2.75, 3.05) is 68.0 Å². The number of nitro groups is 1. The van der Waals surface area contributed by atoms with E-state index in [0.29, 0.717) is 36.1 Å². The summed E-state index contributed by atoms with van der Waals surface area (Å²) in [5, 5.41) is 18.5. The second-order valence-corrected chi connectivity index (χ2v) is 22.9. The number of benzene rings is 4. The SMILES string of the molecule is CC(=O)Nc1ccc(CN2CCN(C3CC4(CCN(c5cc(Oc6cnc7[nH]ccc7c6)c(C(=O)NS(=O)(=O)c6ccc(NCC7(F)CCOCC7)c([N+](=O)[O-])c6)cc5F)CC4)C3)[C@H](c3ccccc3C(C)C)C2)cc1. The number of hydrogen-bond donors (Lipinski definition) is 4. The number of rotatable bonds is 16. The van der Waals surface area contributed by atoms with Crippen LogP contribution in [0.3, 0.4) is 0 Å². The molecule has 2 amide bonds. The third-order valence-corrected chi connectivity index (χ3v) is 17.0. The van der Waals surface area contributed by atoms with Crippen LogP contribution in [0, 0.1) is 21.3 Å². The van der Waals surface area contributed by atoms with Gasteiger partial charge in [-0.15, -0.1) is 0 Å². The van der Waals surface area contributed by atoms with Crippen LogP contribution in [0.2, 0.25) is 0 Å². The number of halogens is 2. The Kier molecular flexibility index (Phi) is 14.9. The first-order valence-electron chi connectivity index (χ1n) is 25.9. The Morgan fingerprint density at radius 3 is 2.43 bits per heavy atom. The minimum atomic E-state index is -4.79. The molecule has 0 unspecified atom stereocenters. The van der Waals surface area contributed by atoms with E-state index in [0.717, 1.165) is 81.8 Å². The number of sulfonamides is 1. The van der Waals surface area contributed by atoms with Gasteiger partial charge in [-0.1, -0.05) is 50.2 Å². The molecule has 1 spiro atoms. The summed E-state index contributed by atoms with van der Waals surface area (Å²) in [4.78, 5) is 51.0. The van der Waals surface area contributed by atoms with Crippen molar-refractivity contribution in [3.05, 3.63) is 142 Å². The quantitative estimate of drug-likeness (QED) is 0.0527. The van der Waals surface area contributed by atoms with Crippen LogP contribution in [0.15, 0.2) is 108 Å². The lowest BCUT2D eigenvalue weighted by atomic mass is 9.59. The number of nitro benzene ring substituents is 1. The topological polar surface area (TPSA) is 204 Å². The first-order chi connectivity index (χ1) is 36.4.